The van der Waals surface area contributed by atoms with Gasteiger partial charge in [-0.15, -0.1) is 0 Å². The third-order valence-electron chi connectivity index (χ3n) is 7.12. The molecule has 0 bridgehead atoms. The molecule has 0 spiro atoms. The van der Waals surface area contributed by atoms with Gasteiger partial charge >= 0.3 is 6.03 Å². The minimum absolute atomic E-state index is 0.0425. The number of hydrogen-bond donors (Lipinski definition) is 2. The third kappa shape index (κ3) is 5.69. The van der Waals surface area contributed by atoms with E-state index in [4.69, 9.17) is 11.6 Å². The van der Waals surface area contributed by atoms with Crippen molar-refractivity contribution in [2.24, 2.45) is 0 Å². The highest BCUT2D eigenvalue weighted by Gasteiger charge is 2.50. The number of rotatable bonds is 6. The lowest BCUT2D eigenvalue weighted by molar-refractivity contribution is -0.187. The van der Waals surface area contributed by atoms with Crippen molar-refractivity contribution in [3.63, 3.8) is 0 Å². The summed E-state index contributed by atoms with van der Waals surface area (Å²) in [5.74, 6) is -0.338. The van der Waals surface area contributed by atoms with E-state index in [1.807, 2.05) is 48.5 Å². The summed E-state index contributed by atoms with van der Waals surface area (Å²) in [7, 11) is 1.70. The Hall–Kier alpha value is -4.08. The smallest absolute Gasteiger partial charge is 0.334 e. The van der Waals surface area contributed by atoms with E-state index in [1.165, 1.54) is 5.01 Å². The van der Waals surface area contributed by atoms with Gasteiger partial charge in [0, 0.05) is 31.6 Å². The highest BCUT2D eigenvalue weighted by Crippen LogP contribution is 2.30. The van der Waals surface area contributed by atoms with Gasteiger partial charge in [0.1, 0.15) is 18.0 Å². The van der Waals surface area contributed by atoms with Crippen LogP contribution in [-0.2, 0) is 29.1 Å². The minimum Gasteiger partial charge on any atom is -0.508 e. The van der Waals surface area contributed by atoms with Crippen LogP contribution in [0.1, 0.15) is 16.7 Å². The maximum atomic E-state index is 13.9. The van der Waals surface area contributed by atoms with Crippen molar-refractivity contribution in [3.8, 4) is 5.75 Å². The highest BCUT2D eigenvalue weighted by molar-refractivity contribution is 6.31. The first-order valence-corrected chi connectivity index (χ1v) is 13.1. The van der Waals surface area contributed by atoms with Crippen LogP contribution in [0.2, 0.25) is 5.02 Å². The molecule has 2 heterocycles. The molecule has 10 heteroatoms. The van der Waals surface area contributed by atoms with Crippen LogP contribution >= 0.6 is 11.6 Å². The molecular formula is C29H30ClN5O4. The number of aromatic hydroxyl groups is 1. The molecule has 3 aromatic rings. The quantitative estimate of drug-likeness (QED) is 0.494. The predicted molar refractivity (Wildman–Crippen MR) is 146 cm³/mol. The maximum Gasteiger partial charge on any atom is 0.334 e. The van der Waals surface area contributed by atoms with Crippen LogP contribution in [0.4, 0.5) is 4.79 Å². The van der Waals surface area contributed by atoms with Gasteiger partial charge in [-0.25, -0.2) is 14.8 Å². The fourth-order valence-corrected chi connectivity index (χ4v) is 5.38. The van der Waals surface area contributed by atoms with E-state index in [0.717, 1.165) is 16.7 Å². The SMILES string of the molecule is CN1CC(=O)N2C(CN(Cc3ccccc3Cl)C(=O)[C@@H]2Cc2ccc(O)cc2)N1C(=O)NCc1ccccc1. The molecule has 5 rings (SSSR count). The number of phenolic OH excluding ortho intramolecular Hbond substituents is 1. The van der Waals surface area contributed by atoms with Crippen LogP contribution < -0.4 is 5.32 Å². The van der Waals surface area contributed by atoms with Gasteiger partial charge in [0.15, 0.2) is 0 Å². The Bertz CT molecular complexity index is 1350. The molecule has 2 atom stereocenters. The zero-order valence-electron chi connectivity index (χ0n) is 21.5. The summed E-state index contributed by atoms with van der Waals surface area (Å²) in [6, 6.07) is 22.3. The summed E-state index contributed by atoms with van der Waals surface area (Å²) in [5.41, 5.74) is 2.51. The van der Waals surface area contributed by atoms with Gasteiger partial charge in [-0.2, -0.15) is 0 Å². The fourth-order valence-electron chi connectivity index (χ4n) is 5.19. The number of nitrogens with zero attached hydrogens (tertiary/aromatic N) is 4. The summed E-state index contributed by atoms with van der Waals surface area (Å²) in [6.45, 7) is 0.653. The molecule has 0 aliphatic carbocycles. The van der Waals surface area contributed by atoms with E-state index < -0.39 is 12.2 Å². The second kappa shape index (κ2) is 11.3. The van der Waals surface area contributed by atoms with Gasteiger partial charge in [-0.05, 0) is 34.9 Å². The van der Waals surface area contributed by atoms with Crippen molar-refractivity contribution < 1.29 is 19.5 Å². The van der Waals surface area contributed by atoms with E-state index in [2.05, 4.69) is 5.32 Å². The zero-order chi connectivity index (χ0) is 27.5. The summed E-state index contributed by atoms with van der Waals surface area (Å²) in [4.78, 5) is 44.0. The van der Waals surface area contributed by atoms with Crippen molar-refractivity contribution in [2.75, 3.05) is 20.1 Å². The van der Waals surface area contributed by atoms with Crippen LogP contribution in [0, 0.1) is 0 Å². The third-order valence-corrected chi connectivity index (χ3v) is 7.49. The van der Waals surface area contributed by atoms with Gasteiger partial charge in [-0.3, -0.25) is 9.59 Å². The molecule has 202 valence electrons. The minimum atomic E-state index is -0.832. The summed E-state index contributed by atoms with van der Waals surface area (Å²) < 4.78 is 0. The average Bonchev–Trinajstić information content (AvgIpc) is 2.92. The fraction of sp³-hybridized carbons (Fsp3) is 0.276. The number of carbonyl (C=O) groups is 3. The van der Waals surface area contributed by atoms with E-state index in [0.29, 0.717) is 11.6 Å². The molecular weight excluding hydrogens is 518 g/mol. The molecule has 2 N–H and O–H groups in total. The lowest BCUT2D eigenvalue weighted by Gasteiger charge is -2.54. The first-order valence-electron chi connectivity index (χ1n) is 12.7. The number of piperazine rings is 1. The zero-order valence-corrected chi connectivity index (χ0v) is 22.3. The number of amides is 4. The molecule has 9 nitrogen and oxygen atoms in total. The van der Waals surface area contributed by atoms with Gasteiger partial charge in [0.05, 0.1) is 13.1 Å². The van der Waals surface area contributed by atoms with E-state index >= 15 is 0 Å². The Kier molecular flexibility index (Phi) is 7.72. The first-order chi connectivity index (χ1) is 18.8. The van der Waals surface area contributed by atoms with E-state index in [1.54, 1.807) is 52.2 Å². The summed E-state index contributed by atoms with van der Waals surface area (Å²) >= 11 is 6.43. The normalized spacial score (nSPS) is 19.7. The van der Waals surface area contributed by atoms with Crippen LogP contribution in [0.15, 0.2) is 78.9 Å². The molecule has 3 aromatic carbocycles. The van der Waals surface area contributed by atoms with E-state index in [9.17, 15) is 19.5 Å². The number of hydrogen-bond acceptors (Lipinski definition) is 5. The Balaban J connectivity index is 1.46. The predicted octanol–water partition coefficient (Wildman–Crippen LogP) is 3.23. The van der Waals surface area contributed by atoms with E-state index in [-0.39, 0.29) is 49.7 Å². The van der Waals surface area contributed by atoms with Gasteiger partial charge in [0.25, 0.3) is 0 Å². The molecule has 39 heavy (non-hydrogen) atoms. The van der Waals surface area contributed by atoms with Crippen molar-refractivity contribution in [2.45, 2.75) is 31.7 Å². The Morgan fingerprint density at radius 3 is 2.38 bits per heavy atom. The molecule has 2 fully saturated rings. The molecule has 2 aliphatic rings. The van der Waals surface area contributed by atoms with Crippen LogP contribution in [-0.4, -0.2) is 75.1 Å². The number of halogens is 1. The molecule has 4 amide bonds. The Morgan fingerprint density at radius 1 is 0.974 bits per heavy atom. The van der Waals surface area contributed by atoms with Crippen molar-refractivity contribution in [1.82, 2.24) is 25.1 Å². The number of hydrazine groups is 1. The maximum absolute atomic E-state index is 13.9. The second-order valence-electron chi connectivity index (χ2n) is 9.78. The molecule has 1 unspecified atom stereocenters. The Morgan fingerprint density at radius 2 is 1.67 bits per heavy atom. The highest BCUT2D eigenvalue weighted by atomic mass is 35.5. The molecule has 0 radical (unpaired) electrons. The summed E-state index contributed by atoms with van der Waals surface area (Å²) in [6.07, 6.45) is -0.474. The molecule has 0 saturated carbocycles. The van der Waals surface area contributed by atoms with Crippen LogP contribution in [0.5, 0.6) is 5.75 Å². The lowest BCUT2D eigenvalue weighted by Crippen LogP contribution is -2.76. The largest absolute Gasteiger partial charge is 0.508 e. The number of phenols is 1. The second-order valence-corrected chi connectivity index (χ2v) is 10.2. The van der Waals surface area contributed by atoms with Gasteiger partial charge < -0.3 is 20.2 Å². The number of benzene rings is 3. The van der Waals surface area contributed by atoms with Crippen molar-refractivity contribution >= 4 is 29.4 Å². The van der Waals surface area contributed by atoms with Crippen LogP contribution in [0.25, 0.3) is 0 Å². The average molecular weight is 548 g/mol. The molecule has 2 saturated heterocycles. The summed E-state index contributed by atoms with van der Waals surface area (Å²) in [5, 5.41) is 16.4. The number of nitrogens with one attached hydrogen (secondary N) is 1. The van der Waals surface area contributed by atoms with Crippen molar-refractivity contribution in [1.29, 1.82) is 0 Å². The van der Waals surface area contributed by atoms with Crippen LogP contribution in [0.3, 0.4) is 0 Å². The van der Waals surface area contributed by atoms with Crippen molar-refractivity contribution in [3.05, 3.63) is 101 Å². The number of likely N-dealkylation sites (N-methyl/N-ethyl adjacent to an activating group) is 1. The number of carbonyl (C=O) groups excluding carboxylic acids is 3. The molecule has 2 aliphatic heterocycles. The van der Waals surface area contributed by atoms with Gasteiger partial charge in [0.2, 0.25) is 11.8 Å². The first kappa shape index (κ1) is 26.5. The lowest BCUT2D eigenvalue weighted by atomic mass is 9.98. The topological polar surface area (TPSA) is 96.4 Å². The molecule has 0 aromatic heterocycles. The standard InChI is InChI=1S/C29H30ClN5O4/c1-32-19-27(37)34-25(15-20-11-13-23(36)14-12-20)28(38)33(17-22-9-5-6-10-24(22)30)18-26(34)35(32)29(39)31-16-21-7-3-2-4-8-21/h2-14,25-26,36H,15-19H2,1H3,(H,31,39)/t25-,26?/m0/s1. The number of fused-ring (bicyclic) bond motifs is 1. The Labute approximate surface area is 232 Å². The number of urea groups is 1. The monoisotopic (exact) mass is 547 g/mol. The van der Waals surface area contributed by atoms with Gasteiger partial charge in [-0.1, -0.05) is 72.3 Å².